The van der Waals surface area contributed by atoms with Crippen LogP contribution in [0.2, 0.25) is 0 Å². The van der Waals surface area contributed by atoms with E-state index >= 15 is 0 Å². The summed E-state index contributed by atoms with van der Waals surface area (Å²) in [6.07, 6.45) is 18.8. The molecular weight excluding hydrogens is 504 g/mol. The Bertz CT molecular complexity index is 730. The van der Waals surface area contributed by atoms with E-state index in [0.717, 1.165) is 51.4 Å². The van der Waals surface area contributed by atoms with Crippen LogP contribution in [0.4, 0.5) is 0 Å². The highest BCUT2D eigenvalue weighted by Crippen LogP contribution is 2.40. The Morgan fingerprint density at radius 1 is 0.900 bits per heavy atom. The van der Waals surface area contributed by atoms with Crippen molar-refractivity contribution in [2.75, 3.05) is 0 Å². The zero-order chi connectivity index (χ0) is 29.8. The minimum absolute atomic E-state index is 0.00853. The van der Waals surface area contributed by atoms with Crippen LogP contribution in [0, 0.1) is 11.8 Å². The number of hydrogen-bond acceptors (Lipinski definition) is 6. The molecule has 1 aliphatic rings. The fraction of sp³-hybridized carbons (Fsp3) is 0.824. The Kier molecular flexibility index (Phi) is 20.0. The fourth-order valence-electron chi connectivity index (χ4n) is 5.68. The van der Waals surface area contributed by atoms with Gasteiger partial charge in [0.15, 0.2) is 0 Å². The standard InChI is InChI=1S/C34H60O6/c1-6-8-10-11-12-16-19-27(5)34(38)40-32-25-31(36)29(24-23-28(35)20-15-9-7-2)30(32)21-17-13-14-18-22-33(37)39-26(3)4/h13,17,26,28-32,35-36H,5-12,14-16,18-25H2,1-4H3/b17-13-/t28-,29+,30+,31+,32-/m0/s1. The molecule has 1 aliphatic carbocycles. The van der Waals surface area contributed by atoms with Gasteiger partial charge in [0.25, 0.3) is 0 Å². The van der Waals surface area contributed by atoms with Crippen LogP contribution in [0.3, 0.4) is 0 Å². The monoisotopic (exact) mass is 564 g/mol. The maximum absolute atomic E-state index is 12.9. The second kappa shape index (κ2) is 22.0. The van der Waals surface area contributed by atoms with Crippen molar-refractivity contribution < 1.29 is 29.3 Å². The van der Waals surface area contributed by atoms with E-state index in [-0.39, 0.29) is 42.1 Å². The van der Waals surface area contributed by atoms with Crippen LogP contribution in [0.15, 0.2) is 24.3 Å². The molecule has 5 atom stereocenters. The van der Waals surface area contributed by atoms with Gasteiger partial charge in [-0.1, -0.05) is 83.9 Å². The van der Waals surface area contributed by atoms with E-state index in [1.54, 1.807) is 0 Å². The van der Waals surface area contributed by atoms with Crippen molar-refractivity contribution in [3.8, 4) is 0 Å². The third kappa shape index (κ3) is 16.0. The van der Waals surface area contributed by atoms with Crippen LogP contribution in [-0.4, -0.2) is 46.6 Å². The predicted molar refractivity (Wildman–Crippen MR) is 163 cm³/mol. The number of aliphatic hydroxyl groups excluding tert-OH is 2. The summed E-state index contributed by atoms with van der Waals surface area (Å²) in [6, 6.07) is 0. The molecule has 0 aromatic heterocycles. The molecule has 0 amide bonds. The molecule has 0 aromatic rings. The number of aliphatic hydroxyl groups is 2. The summed E-state index contributed by atoms with van der Waals surface area (Å²) in [5.74, 6) is -0.557. The number of esters is 2. The van der Waals surface area contributed by atoms with Gasteiger partial charge in [0, 0.05) is 24.3 Å². The third-order valence-electron chi connectivity index (χ3n) is 8.04. The molecule has 2 N–H and O–H groups in total. The number of carbonyl (C=O) groups excluding carboxylic acids is 2. The Labute approximate surface area is 245 Å². The average molecular weight is 565 g/mol. The predicted octanol–water partition coefficient (Wildman–Crippen LogP) is 7.99. The first-order chi connectivity index (χ1) is 19.2. The highest BCUT2D eigenvalue weighted by molar-refractivity contribution is 5.87. The number of unbranched alkanes of at least 4 members (excludes halogenated alkanes) is 8. The summed E-state index contributed by atoms with van der Waals surface area (Å²) in [4.78, 5) is 24.6. The van der Waals surface area contributed by atoms with E-state index < -0.39 is 6.10 Å². The third-order valence-corrected chi connectivity index (χ3v) is 8.04. The van der Waals surface area contributed by atoms with Crippen LogP contribution in [-0.2, 0) is 19.1 Å². The van der Waals surface area contributed by atoms with Gasteiger partial charge in [-0.3, -0.25) is 4.79 Å². The maximum Gasteiger partial charge on any atom is 0.333 e. The molecule has 1 fully saturated rings. The topological polar surface area (TPSA) is 93.1 Å². The van der Waals surface area contributed by atoms with Gasteiger partial charge in [-0.2, -0.15) is 0 Å². The van der Waals surface area contributed by atoms with Crippen LogP contribution >= 0.6 is 0 Å². The number of rotatable bonds is 23. The van der Waals surface area contributed by atoms with Gasteiger partial charge in [0.05, 0.1) is 18.3 Å². The van der Waals surface area contributed by atoms with Gasteiger partial charge in [-0.25, -0.2) is 4.79 Å². The van der Waals surface area contributed by atoms with Crippen LogP contribution in [0.25, 0.3) is 0 Å². The molecular formula is C34H60O6. The first-order valence-corrected chi connectivity index (χ1v) is 16.3. The minimum Gasteiger partial charge on any atom is -0.463 e. The molecule has 1 saturated carbocycles. The van der Waals surface area contributed by atoms with Gasteiger partial charge in [-0.15, -0.1) is 0 Å². The van der Waals surface area contributed by atoms with Crippen molar-refractivity contribution in [1.82, 2.24) is 0 Å². The van der Waals surface area contributed by atoms with Crippen molar-refractivity contribution in [2.45, 2.75) is 168 Å². The van der Waals surface area contributed by atoms with E-state index in [2.05, 4.69) is 32.6 Å². The van der Waals surface area contributed by atoms with E-state index in [1.807, 2.05) is 13.8 Å². The summed E-state index contributed by atoms with van der Waals surface area (Å²) in [5.41, 5.74) is 0.516. The van der Waals surface area contributed by atoms with Gasteiger partial charge in [-0.05, 0) is 71.1 Å². The molecule has 0 heterocycles. The van der Waals surface area contributed by atoms with Crippen molar-refractivity contribution in [2.24, 2.45) is 11.8 Å². The first kappa shape index (κ1) is 36.4. The second-order valence-electron chi connectivity index (χ2n) is 12.1. The van der Waals surface area contributed by atoms with E-state index in [9.17, 15) is 19.8 Å². The van der Waals surface area contributed by atoms with Gasteiger partial charge < -0.3 is 19.7 Å². The zero-order valence-electron chi connectivity index (χ0n) is 26.1. The highest BCUT2D eigenvalue weighted by Gasteiger charge is 2.43. The smallest absolute Gasteiger partial charge is 0.333 e. The van der Waals surface area contributed by atoms with E-state index in [0.29, 0.717) is 44.1 Å². The van der Waals surface area contributed by atoms with Crippen molar-refractivity contribution >= 4 is 11.9 Å². The summed E-state index contributed by atoms with van der Waals surface area (Å²) in [5, 5.41) is 21.4. The van der Waals surface area contributed by atoms with Gasteiger partial charge in [0.1, 0.15) is 6.10 Å². The molecule has 0 bridgehead atoms. The molecule has 1 rings (SSSR count). The lowest BCUT2D eigenvalue weighted by Crippen LogP contribution is -2.27. The largest absolute Gasteiger partial charge is 0.463 e. The van der Waals surface area contributed by atoms with Gasteiger partial charge in [0.2, 0.25) is 0 Å². The molecule has 0 radical (unpaired) electrons. The lowest BCUT2D eigenvalue weighted by Gasteiger charge is -2.25. The normalized spacial score (nSPS) is 21.7. The van der Waals surface area contributed by atoms with E-state index in [4.69, 9.17) is 9.47 Å². The van der Waals surface area contributed by atoms with Crippen molar-refractivity contribution in [3.05, 3.63) is 24.3 Å². The van der Waals surface area contributed by atoms with Crippen LogP contribution < -0.4 is 0 Å². The summed E-state index contributed by atoms with van der Waals surface area (Å²) in [7, 11) is 0. The summed E-state index contributed by atoms with van der Waals surface area (Å²) < 4.78 is 11.1. The van der Waals surface area contributed by atoms with Crippen LogP contribution in [0.5, 0.6) is 0 Å². The number of allylic oxidation sites excluding steroid dienone is 2. The zero-order valence-corrected chi connectivity index (χ0v) is 26.1. The minimum atomic E-state index is -0.559. The molecule has 0 aliphatic heterocycles. The summed E-state index contributed by atoms with van der Waals surface area (Å²) >= 11 is 0. The molecule has 6 heteroatoms. The number of hydrogen-bond donors (Lipinski definition) is 2. The molecule has 40 heavy (non-hydrogen) atoms. The average Bonchev–Trinajstić information content (AvgIpc) is 3.19. The molecule has 0 saturated heterocycles. The van der Waals surface area contributed by atoms with Crippen molar-refractivity contribution in [3.63, 3.8) is 0 Å². The van der Waals surface area contributed by atoms with Crippen LogP contribution in [0.1, 0.15) is 143 Å². The lowest BCUT2D eigenvalue weighted by atomic mass is 9.85. The highest BCUT2D eigenvalue weighted by atomic mass is 16.5. The van der Waals surface area contributed by atoms with Crippen molar-refractivity contribution in [1.29, 1.82) is 0 Å². The molecule has 6 nitrogen and oxygen atoms in total. The second-order valence-corrected chi connectivity index (χ2v) is 12.1. The Hall–Kier alpha value is -1.66. The molecule has 0 spiro atoms. The molecule has 0 unspecified atom stereocenters. The summed E-state index contributed by atoms with van der Waals surface area (Å²) in [6.45, 7) is 12.0. The number of carbonyl (C=O) groups is 2. The quantitative estimate of drug-likeness (QED) is 0.0565. The SMILES string of the molecule is C=C(CCCCCCCC)C(=O)O[C@H]1C[C@@H](O)[C@H](CC[C@@H](O)CCCCC)[C@H]1C/C=C\CCCC(=O)OC(C)C. The Morgan fingerprint density at radius 3 is 2.27 bits per heavy atom. The first-order valence-electron chi connectivity index (χ1n) is 16.3. The van der Waals surface area contributed by atoms with Gasteiger partial charge >= 0.3 is 11.9 Å². The lowest BCUT2D eigenvalue weighted by molar-refractivity contribution is -0.148. The maximum atomic E-state index is 12.9. The molecule has 0 aromatic carbocycles. The van der Waals surface area contributed by atoms with E-state index in [1.165, 1.54) is 25.7 Å². The number of ether oxygens (including phenoxy) is 2. The Morgan fingerprint density at radius 2 is 1.57 bits per heavy atom. The Balaban J connectivity index is 2.69. The fourth-order valence-corrected chi connectivity index (χ4v) is 5.68. The molecule has 232 valence electrons.